The van der Waals surface area contributed by atoms with Crippen LogP contribution in [0.1, 0.15) is 16.3 Å². The normalized spacial score (nSPS) is 11.1. The van der Waals surface area contributed by atoms with E-state index in [2.05, 4.69) is 49.2 Å². The van der Waals surface area contributed by atoms with E-state index < -0.39 is 0 Å². The van der Waals surface area contributed by atoms with Crippen LogP contribution in [0.25, 0.3) is 5.82 Å². The monoisotopic (exact) mass is 482 g/mol. The van der Waals surface area contributed by atoms with Crippen molar-refractivity contribution in [2.24, 2.45) is 4.99 Å². The second kappa shape index (κ2) is 10.3. The Kier molecular flexibility index (Phi) is 8.05. The number of pyridine rings is 1. The van der Waals surface area contributed by atoms with Gasteiger partial charge in [0.25, 0.3) is 0 Å². The Morgan fingerprint density at radius 2 is 2.12 bits per heavy atom. The zero-order valence-electron chi connectivity index (χ0n) is 14.8. The van der Waals surface area contributed by atoms with Crippen LogP contribution in [0.2, 0.25) is 0 Å². The molecule has 0 aromatic carbocycles. The van der Waals surface area contributed by atoms with E-state index in [1.807, 2.05) is 30.0 Å². The molecule has 0 saturated carbocycles. The van der Waals surface area contributed by atoms with Gasteiger partial charge in [-0.3, -0.25) is 9.56 Å². The molecule has 6 nitrogen and oxygen atoms in total. The molecule has 0 amide bonds. The van der Waals surface area contributed by atoms with Crippen molar-refractivity contribution >= 4 is 41.3 Å². The number of nitrogens with zero attached hydrogens (tertiary/aromatic N) is 4. The highest BCUT2D eigenvalue weighted by atomic mass is 127. The molecular weight excluding hydrogens is 459 g/mol. The zero-order valence-corrected chi connectivity index (χ0v) is 18.0. The highest BCUT2D eigenvalue weighted by Crippen LogP contribution is 2.09. The highest BCUT2D eigenvalue weighted by molar-refractivity contribution is 14.0. The third kappa shape index (κ3) is 5.53. The summed E-state index contributed by atoms with van der Waals surface area (Å²) in [5.41, 5.74) is 1.10. The minimum atomic E-state index is 0. The predicted octanol–water partition coefficient (Wildman–Crippen LogP) is 3.16. The molecule has 0 unspecified atom stereocenters. The second-order valence-corrected chi connectivity index (χ2v) is 6.58. The summed E-state index contributed by atoms with van der Waals surface area (Å²) >= 11 is 1.78. The molecule has 26 heavy (non-hydrogen) atoms. The first-order valence-corrected chi connectivity index (χ1v) is 9.06. The van der Waals surface area contributed by atoms with E-state index in [1.165, 1.54) is 4.88 Å². The summed E-state index contributed by atoms with van der Waals surface area (Å²) < 4.78 is 1.96. The van der Waals surface area contributed by atoms with E-state index >= 15 is 0 Å². The fourth-order valence-electron chi connectivity index (χ4n) is 2.45. The highest BCUT2D eigenvalue weighted by Gasteiger charge is 2.03. The van der Waals surface area contributed by atoms with Crippen molar-refractivity contribution < 1.29 is 0 Å². The van der Waals surface area contributed by atoms with Crippen molar-refractivity contribution in [1.29, 1.82) is 0 Å². The van der Waals surface area contributed by atoms with Gasteiger partial charge in [-0.15, -0.1) is 35.3 Å². The lowest BCUT2D eigenvalue weighted by molar-refractivity contribution is 0.796. The number of imidazole rings is 1. The number of halogens is 1. The van der Waals surface area contributed by atoms with Crippen molar-refractivity contribution in [2.75, 3.05) is 13.6 Å². The standard InChI is InChI=1S/C18H22N6S.HI/c1-14-20-9-10-24(14)17-6-5-15(12-22-17)13-23-18(19-2)21-8-7-16-4-3-11-25-16;/h3-6,9-12H,7-8,13H2,1-2H3,(H2,19,21,23);1H. The third-order valence-electron chi connectivity index (χ3n) is 3.81. The third-order valence-corrected chi connectivity index (χ3v) is 4.75. The van der Waals surface area contributed by atoms with Crippen molar-refractivity contribution in [3.63, 3.8) is 0 Å². The van der Waals surface area contributed by atoms with Crippen LogP contribution in [0, 0.1) is 6.92 Å². The van der Waals surface area contributed by atoms with E-state index in [0.29, 0.717) is 6.54 Å². The number of hydrogen-bond donors (Lipinski definition) is 2. The Balaban J connectivity index is 0.00000243. The molecule has 0 radical (unpaired) electrons. The van der Waals surface area contributed by atoms with Crippen LogP contribution in [0.15, 0.2) is 53.2 Å². The average Bonchev–Trinajstić information content (AvgIpc) is 3.30. The summed E-state index contributed by atoms with van der Waals surface area (Å²) in [6, 6.07) is 8.29. The van der Waals surface area contributed by atoms with Gasteiger partial charge < -0.3 is 10.6 Å². The number of nitrogens with one attached hydrogen (secondary N) is 2. The summed E-state index contributed by atoms with van der Waals surface area (Å²) in [6.45, 7) is 3.50. The lowest BCUT2D eigenvalue weighted by Crippen LogP contribution is -2.37. The predicted molar refractivity (Wildman–Crippen MR) is 118 cm³/mol. The van der Waals surface area contributed by atoms with Crippen molar-refractivity contribution in [3.05, 3.63) is 64.5 Å². The molecule has 0 saturated heterocycles. The first kappa shape index (κ1) is 20.4. The molecule has 3 rings (SSSR count). The SMILES string of the molecule is CN=C(NCCc1cccs1)NCc1ccc(-n2ccnc2C)nc1.I. The Bertz CT molecular complexity index is 811. The molecule has 0 aliphatic rings. The number of aliphatic imine (C=N–C) groups is 1. The van der Waals surface area contributed by atoms with Crippen LogP contribution in [0.5, 0.6) is 0 Å². The van der Waals surface area contributed by atoms with Crippen molar-refractivity contribution in [1.82, 2.24) is 25.2 Å². The van der Waals surface area contributed by atoms with Crippen LogP contribution in [0.4, 0.5) is 0 Å². The van der Waals surface area contributed by atoms with Gasteiger partial charge >= 0.3 is 0 Å². The minimum absolute atomic E-state index is 0. The van der Waals surface area contributed by atoms with E-state index in [-0.39, 0.29) is 24.0 Å². The maximum absolute atomic E-state index is 4.51. The fraction of sp³-hybridized carbons (Fsp3) is 0.278. The van der Waals surface area contributed by atoms with Crippen LogP contribution in [0.3, 0.4) is 0 Å². The van der Waals surface area contributed by atoms with Gasteiger partial charge in [0.1, 0.15) is 11.6 Å². The molecule has 0 bridgehead atoms. The van der Waals surface area contributed by atoms with Gasteiger partial charge in [-0.05, 0) is 36.4 Å². The van der Waals surface area contributed by atoms with E-state index in [1.54, 1.807) is 24.6 Å². The summed E-state index contributed by atoms with van der Waals surface area (Å²) in [4.78, 5) is 14.4. The number of hydrogen-bond acceptors (Lipinski definition) is 4. The number of rotatable bonds is 6. The molecule has 3 aromatic heterocycles. The van der Waals surface area contributed by atoms with E-state index in [4.69, 9.17) is 0 Å². The first-order valence-electron chi connectivity index (χ1n) is 8.18. The molecule has 0 spiro atoms. The van der Waals surface area contributed by atoms with Gasteiger partial charge in [-0.2, -0.15) is 0 Å². The molecule has 0 aliphatic heterocycles. The summed E-state index contributed by atoms with van der Waals surface area (Å²) in [5, 5.41) is 8.75. The quantitative estimate of drug-likeness (QED) is 0.322. The molecule has 3 heterocycles. The number of thiophene rings is 1. The van der Waals surface area contributed by atoms with Crippen molar-refractivity contribution in [3.8, 4) is 5.82 Å². The topological polar surface area (TPSA) is 67.1 Å². The summed E-state index contributed by atoms with van der Waals surface area (Å²) in [5.74, 6) is 2.59. The first-order chi connectivity index (χ1) is 12.3. The number of aryl methyl sites for hydroxylation is 1. The van der Waals surface area contributed by atoms with Crippen LogP contribution < -0.4 is 10.6 Å². The van der Waals surface area contributed by atoms with Gasteiger partial charge in [0.05, 0.1) is 0 Å². The fourth-order valence-corrected chi connectivity index (χ4v) is 3.16. The molecule has 0 aliphatic carbocycles. The molecular formula is C18H23IN6S. The molecule has 0 fully saturated rings. The molecule has 8 heteroatoms. The molecule has 0 atom stereocenters. The van der Waals surface area contributed by atoms with E-state index in [0.717, 1.165) is 36.1 Å². The van der Waals surface area contributed by atoms with Gasteiger partial charge in [-0.25, -0.2) is 9.97 Å². The van der Waals surface area contributed by atoms with Gasteiger partial charge in [-0.1, -0.05) is 12.1 Å². The van der Waals surface area contributed by atoms with Crippen molar-refractivity contribution in [2.45, 2.75) is 19.9 Å². The minimum Gasteiger partial charge on any atom is -0.356 e. The summed E-state index contributed by atoms with van der Waals surface area (Å²) in [6.07, 6.45) is 6.56. The average molecular weight is 482 g/mol. The number of aromatic nitrogens is 3. The number of guanidine groups is 1. The van der Waals surface area contributed by atoms with Crippen LogP contribution in [-0.2, 0) is 13.0 Å². The maximum Gasteiger partial charge on any atom is 0.191 e. The maximum atomic E-state index is 4.51. The van der Waals surface area contributed by atoms with Crippen LogP contribution in [-0.4, -0.2) is 34.1 Å². The largest absolute Gasteiger partial charge is 0.356 e. The molecule has 2 N–H and O–H groups in total. The Labute approximate surface area is 174 Å². The van der Waals surface area contributed by atoms with Gasteiger partial charge in [0.2, 0.25) is 0 Å². The van der Waals surface area contributed by atoms with Gasteiger partial charge in [0, 0.05) is 43.6 Å². The van der Waals surface area contributed by atoms with E-state index in [9.17, 15) is 0 Å². The second-order valence-electron chi connectivity index (χ2n) is 5.55. The Morgan fingerprint density at radius 3 is 2.73 bits per heavy atom. The lowest BCUT2D eigenvalue weighted by Gasteiger charge is -2.12. The Hall–Kier alpha value is -1.94. The lowest BCUT2D eigenvalue weighted by atomic mass is 10.3. The van der Waals surface area contributed by atoms with Gasteiger partial charge in [0.15, 0.2) is 5.96 Å². The van der Waals surface area contributed by atoms with Crippen LogP contribution >= 0.6 is 35.3 Å². The zero-order chi connectivity index (χ0) is 17.5. The summed E-state index contributed by atoms with van der Waals surface area (Å²) in [7, 11) is 1.78. The molecule has 138 valence electrons. The Morgan fingerprint density at radius 1 is 1.23 bits per heavy atom. The molecule has 3 aromatic rings. The smallest absolute Gasteiger partial charge is 0.191 e.